The van der Waals surface area contributed by atoms with Crippen molar-refractivity contribution in [3.8, 4) is 5.75 Å². The summed E-state index contributed by atoms with van der Waals surface area (Å²) in [5.74, 6) is 0.359. The van der Waals surface area contributed by atoms with E-state index in [1.165, 1.54) is 0 Å². The Morgan fingerprint density at radius 1 is 1.35 bits per heavy atom. The molecule has 0 amide bonds. The van der Waals surface area contributed by atoms with Gasteiger partial charge in [-0.25, -0.2) is 0 Å². The molecule has 1 aromatic rings. The van der Waals surface area contributed by atoms with Crippen LogP contribution in [0.1, 0.15) is 32.4 Å². The third kappa shape index (κ3) is 3.72. The molecule has 3 nitrogen and oxygen atoms in total. The minimum atomic E-state index is 0.0907. The molecule has 1 aromatic carbocycles. The van der Waals surface area contributed by atoms with Gasteiger partial charge >= 0.3 is 0 Å². The van der Waals surface area contributed by atoms with E-state index in [2.05, 4.69) is 32.7 Å². The van der Waals surface area contributed by atoms with Gasteiger partial charge < -0.3 is 10.8 Å². The molecule has 0 heterocycles. The van der Waals surface area contributed by atoms with Crippen LogP contribution in [0.25, 0.3) is 0 Å². The average Bonchev–Trinajstić information content (AvgIpc) is 2.28. The number of hydrogen-bond acceptors (Lipinski definition) is 3. The summed E-state index contributed by atoms with van der Waals surface area (Å²) in [6, 6.07) is 7.67. The maximum absolute atomic E-state index is 9.83. The van der Waals surface area contributed by atoms with Crippen LogP contribution in [-0.4, -0.2) is 30.1 Å². The minimum absolute atomic E-state index is 0.0907. The average molecular weight is 236 g/mol. The Hall–Kier alpha value is -1.06. The lowest BCUT2D eigenvalue weighted by atomic mass is 9.92. The molecular formula is C14H24N2O. The number of nitrogens with two attached hydrogens (primary N) is 1. The summed E-state index contributed by atoms with van der Waals surface area (Å²) in [5, 5.41) is 9.83. The Kier molecular flexibility index (Phi) is 4.54. The third-order valence-corrected chi connectivity index (χ3v) is 3.28. The standard InChI is InChI=1S/C14H24N2O/c1-11(12-7-5-6-8-13(12)17)16(4)10-14(2,3)9-15/h5-8,11,17H,9-10,15H2,1-4H3. The van der Waals surface area contributed by atoms with E-state index in [0.717, 1.165) is 12.1 Å². The highest BCUT2D eigenvalue weighted by Crippen LogP contribution is 2.29. The summed E-state index contributed by atoms with van der Waals surface area (Å²) in [6.07, 6.45) is 0. The quantitative estimate of drug-likeness (QED) is 0.825. The zero-order valence-corrected chi connectivity index (χ0v) is 11.3. The van der Waals surface area contributed by atoms with Crippen molar-refractivity contribution < 1.29 is 5.11 Å². The van der Waals surface area contributed by atoms with E-state index in [0.29, 0.717) is 12.3 Å². The van der Waals surface area contributed by atoms with Crippen LogP contribution in [0.15, 0.2) is 24.3 Å². The van der Waals surface area contributed by atoms with E-state index in [-0.39, 0.29) is 11.5 Å². The monoisotopic (exact) mass is 236 g/mol. The number of benzene rings is 1. The second-order valence-electron chi connectivity index (χ2n) is 5.52. The molecule has 0 aliphatic carbocycles. The Balaban J connectivity index is 2.77. The van der Waals surface area contributed by atoms with Crippen molar-refractivity contribution in [3.05, 3.63) is 29.8 Å². The van der Waals surface area contributed by atoms with Crippen molar-refractivity contribution in [2.24, 2.45) is 11.1 Å². The first kappa shape index (κ1) is 14.0. The van der Waals surface area contributed by atoms with E-state index in [4.69, 9.17) is 5.73 Å². The predicted octanol–water partition coefficient (Wildman–Crippen LogP) is 2.37. The number of phenols is 1. The van der Waals surface area contributed by atoms with E-state index in [1.54, 1.807) is 6.07 Å². The molecular weight excluding hydrogens is 212 g/mol. The topological polar surface area (TPSA) is 49.5 Å². The molecule has 3 heteroatoms. The first-order valence-corrected chi connectivity index (χ1v) is 6.05. The van der Waals surface area contributed by atoms with E-state index >= 15 is 0 Å². The van der Waals surface area contributed by atoms with Crippen LogP contribution in [0.4, 0.5) is 0 Å². The van der Waals surface area contributed by atoms with Gasteiger partial charge in [0, 0.05) is 18.2 Å². The zero-order chi connectivity index (χ0) is 13.1. The molecule has 0 bridgehead atoms. The number of phenolic OH excluding ortho intramolecular Hbond substituents is 1. The van der Waals surface area contributed by atoms with Gasteiger partial charge in [-0.2, -0.15) is 0 Å². The third-order valence-electron chi connectivity index (χ3n) is 3.28. The van der Waals surface area contributed by atoms with Crippen molar-refractivity contribution in [1.82, 2.24) is 4.90 Å². The van der Waals surface area contributed by atoms with E-state index in [9.17, 15) is 5.11 Å². The van der Waals surface area contributed by atoms with Gasteiger partial charge in [0.1, 0.15) is 5.75 Å². The zero-order valence-electron chi connectivity index (χ0n) is 11.3. The van der Waals surface area contributed by atoms with Gasteiger partial charge in [0.05, 0.1) is 0 Å². The fraction of sp³-hybridized carbons (Fsp3) is 0.571. The maximum atomic E-state index is 9.83. The fourth-order valence-electron chi connectivity index (χ4n) is 1.95. The van der Waals surface area contributed by atoms with Crippen molar-refractivity contribution in [2.75, 3.05) is 20.1 Å². The first-order valence-electron chi connectivity index (χ1n) is 6.05. The number of nitrogens with zero attached hydrogens (tertiary/aromatic N) is 1. The van der Waals surface area contributed by atoms with Crippen LogP contribution in [0.3, 0.4) is 0 Å². The molecule has 0 spiro atoms. The number of para-hydroxylation sites is 1. The van der Waals surface area contributed by atoms with E-state index in [1.807, 2.05) is 18.2 Å². The SMILES string of the molecule is CC(c1ccccc1O)N(C)CC(C)(C)CN. The van der Waals surface area contributed by atoms with Gasteiger partial charge in [-0.3, -0.25) is 4.90 Å². The molecule has 0 aliphatic heterocycles. The van der Waals surface area contributed by atoms with Crippen LogP contribution in [0.2, 0.25) is 0 Å². The highest BCUT2D eigenvalue weighted by atomic mass is 16.3. The number of rotatable bonds is 5. The molecule has 0 radical (unpaired) electrons. The number of aromatic hydroxyl groups is 1. The summed E-state index contributed by atoms with van der Waals surface area (Å²) < 4.78 is 0. The molecule has 96 valence electrons. The van der Waals surface area contributed by atoms with Crippen molar-refractivity contribution in [3.63, 3.8) is 0 Å². The normalized spacial score (nSPS) is 14.0. The molecule has 3 N–H and O–H groups in total. The molecule has 0 saturated heterocycles. The van der Waals surface area contributed by atoms with Crippen LogP contribution in [0.5, 0.6) is 5.75 Å². The molecule has 0 fully saturated rings. The summed E-state index contributed by atoms with van der Waals surface area (Å²) in [7, 11) is 2.06. The Bertz CT molecular complexity index is 363. The summed E-state index contributed by atoms with van der Waals surface area (Å²) in [5.41, 5.74) is 6.80. The smallest absolute Gasteiger partial charge is 0.120 e. The molecule has 0 saturated carbocycles. The Morgan fingerprint density at radius 2 is 1.94 bits per heavy atom. The fourth-order valence-corrected chi connectivity index (χ4v) is 1.95. The molecule has 17 heavy (non-hydrogen) atoms. The van der Waals surface area contributed by atoms with Crippen molar-refractivity contribution in [2.45, 2.75) is 26.8 Å². The first-order chi connectivity index (χ1) is 7.87. The lowest BCUT2D eigenvalue weighted by Gasteiger charge is -2.33. The predicted molar refractivity (Wildman–Crippen MR) is 72.0 cm³/mol. The molecule has 0 aromatic heterocycles. The Morgan fingerprint density at radius 3 is 2.47 bits per heavy atom. The van der Waals surface area contributed by atoms with Crippen LogP contribution < -0.4 is 5.73 Å². The van der Waals surface area contributed by atoms with Crippen molar-refractivity contribution in [1.29, 1.82) is 0 Å². The second-order valence-corrected chi connectivity index (χ2v) is 5.52. The summed E-state index contributed by atoms with van der Waals surface area (Å²) in [4.78, 5) is 2.22. The molecule has 1 atom stereocenters. The summed E-state index contributed by atoms with van der Waals surface area (Å²) in [6.45, 7) is 7.97. The lowest BCUT2D eigenvalue weighted by molar-refractivity contribution is 0.172. The highest BCUT2D eigenvalue weighted by Gasteiger charge is 2.22. The number of hydrogen-bond donors (Lipinski definition) is 2. The second kappa shape index (κ2) is 5.52. The van der Waals surface area contributed by atoms with Crippen LogP contribution >= 0.6 is 0 Å². The van der Waals surface area contributed by atoms with Gasteiger partial charge in [-0.1, -0.05) is 32.0 Å². The van der Waals surface area contributed by atoms with Crippen LogP contribution in [0, 0.1) is 5.41 Å². The van der Waals surface area contributed by atoms with Gasteiger partial charge in [0.2, 0.25) is 0 Å². The highest BCUT2D eigenvalue weighted by molar-refractivity contribution is 5.34. The Labute approximate surface area is 104 Å². The molecule has 0 aliphatic rings. The van der Waals surface area contributed by atoms with Gasteiger partial charge in [0.25, 0.3) is 0 Å². The minimum Gasteiger partial charge on any atom is -0.508 e. The van der Waals surface area contributed by atoms with Crippen LogP contribution in [-0.2, 0) is 0 Å². The van der Waals surface area contributed by atoms with Gasteiger partial charge in [-0.15, -0.1) is 0 Å². The maximum Gasteiger partial charge on any atom is 0.120 e. The van der Waals surface area contributed by atoms with Gasteiger partial charge in [-0.05, 0) is 32.0 Å². The summed E-state index contributed by atoms with van der Waals surface area (Å²) >= 11 is 0. The molecule has 1 rings (SSSR count). The van der Waals surface area contributed by atoms with E-state index < -0.39 is 0 Å². The molecule has 1 unspecified atom stereocenters. The largest absolute Gasteiger partial charge is 0.508 e. The van der Waals surface area contributed by atoms with Gasteiger partial charge in [0.15, 0.2) is 0 Å². The lowest BCUT2D eigenvalue weighted by Crippen LogP contribution is -2.37. The van der Waals surface area contributed by atoms with Crippen molar-refractivity contribution >= 4 is 0 Å².